The molecule has 3 heteroatoms. The van der Waals surface area contributed by atoms with E-state index >= 15 is 0 Å². The highest BCUT2D eigenvalue weighted by atomic mass is 16.1. The summed E-state index contributed by atoms with van der Waals surface area (Å²) in [5.74, 6) is -0.112. The number of nitriles is 1. The van der Waals surface area contributed by atoms with Crippen molar-refractivity contribution in [1.82, 2.24) is 0 Å². The van der Waals surface area contributed by atoms with Gasteiger partial charge in [0.1, 0.15) is 0 Å². The van der Waals surface area contributed by atoms with Gasteiger partial charge in [-0.2, -0.15) is 5.26 Å². The summed E-state index contributed by atoms with van der Waals surface area (Å²) in [5.41, 5.74) is 4.45. The van der Waals surface area contributed by atoms with E-state index < -0.39 is 0 Å². The average molecular weight is 264 g/mol. The van der Waals surface area contributed by atoms with E-state index in [0.717, 1.165) is 22.4 Å². The monoisotopic (exact) mass is 264 g/mol. The van der Waals surface area contributed by atoms with Crippen LogP contribution in [0.4, 0.5) is 5.69 Å². The van der Waals surface area contributed by atoms with E-state index in [1.807, 2.05) is 56.3 Å². The molecule has 1 N–H and O–H groups in total. The van der Waals surface area contributed by atoms with Crippen LogP contribution < -0.4 is 5.32 Å². The van der Waals surface area contributed by atoms with Gasteiger partial charge in [0.15, 0.2) is 0 Å². The number of carbonyl (C=O) groups excluding carboxylic acids is 1. The maximum absolute atomic E-state index is 12.2. The van der Waals surface area contributed by atoms with E-state index in [-0.39, 0.29) is 5.91 Å². The highest BCUT2D eigenvalue weighted by molar-refractivity contribution is 6.05. The molecule has 2 rings (SSSR count). The molecule has 20 heavy (non-hydrogen) atoms. The molecule has 0 atom stereocenters. The number of carbonyl (C=O) groups is 1. The fraction of sp³-hybridized carbons (Fsp3) is 0.176. The number of rotatable bonds is 3. The lowest BCUT2D eigenvalue weighted by Gasteiger charge is -2.09. The molecule has 0 spiro atoms. The third-order valence-electron chi connectivity index (χ3n) is 3.34. The first-order valence-electron chi connectivity index (χ1n) is 6.45. The summed E-state index contributed by atoms with van der Waals surface area (Å²) in [4.78, 5) is 12.2. The number of nitrogens with one attached hydrogen (secondary N) is 1. The summed E-state index contributed by atoms with van der Waals surface area (Å²) in [6, 6.07) is 15.1. The minimum Gasteiger partial charge on any atom is -0.322 e. The standard InChI is InChI=1S/C17H16N2O/c1-12-4-3-5-16(13(12)2)17(20)19-15-8-6-14(7-9-15)10-11-18/h3-9H,10H2,1-2H3,(H,19,20). The summed E-state index contributed by atoms with van der Waals surface area (Å²) in [6.07, 6.45) is 0.380. The van der Waals surface area contributed by atoms with E-state index in [4.69, 9.17) is 5.26 Å². The molecular formula is C17H16N2O. The topological polar surface area (TPSA) is 52.9 Å². The fourth-order valence-corrected chi connectivity index (χ4v) is 1.99. The molecule has 0 fully saturated rings. The first-order chi connectivity index (χ1) is 9.61. The van der Waals surface area contributed by atoms with Gasteiger partial charge in [-0.25, -0.2) is 0 Å². The van der Waals surface area contributed by atoms with Crippen LogP contribution >= 0.6 is 0 Å². The summed E-state index contributed by atoms with van der Waals surface area (Å²) < 4.78 is 0. The highest BCUT2D eigenvalue weighted by Gasteiger charge is 2.10. The predicted molar refractivity (Wildman–Crippen MR) is 79.6 cm³/mol. The predicted octanol–water partition coefficient (Wildman–Crippen LogP) is 3.62. The zero-order valence-corrected chi connectivity index (χ0v) is 11.6. The number of hydrogen-bond donors (Lipinski definition) is 1. The minimum atomic E-state index is -0.112. The van der Waals surface area contributed by atoms with Crippen molar-refractivity contribution in [2.75, 3.05) is 5.32 Å². The smallest absolute Gasteiger partial charge is 0.255 e. The highest BCUT2D eigenvalue weighted by Crippen LogP contribution is 2.16. The molecule has 3 nitrogen and oxygen atoms in total. The van der Waals surface area contributed by atoms with Crippen LogP contribution in [0, 0.1) is 25.2 Å². The number of amides is 1. The normalized spacial score (nSPS) is 9.85. The Balaban J connectivity index is 2.15. The Bertz CT molecular complexity index is 666. The third kappa shape index (κ3) is 3.04. The van der Waals surface area contributed by atoms with E-state index in [9.17, 15) is 4.79 Å². The third-order valence-corrected chi connectivity index (χ3v) is 3.34. The molecular weight excluding hydrogens is 248 g/mol. The fourth-order valence-electron chi connectivity index (χ4n) is 1.99. The van der Waals surface area contributed by atoms with Crippen molar-refractivity contribution in [3.8, 4) is 6.07 Å². The second-order valence-corrected chi connectivity index (χ2v) is 4.73. The maximum Gasteiger partial charge on any atom is 0.255 e. The molecule has 0 saturated carbocycles. The van der Waals surface area contributed by atoms with Crippen LogP contribution in [0.3, 0.4) is 0 Å². The van der Waals surface area contributed by atoms with Crippen molar-refractivity contribution < 1.29 is 4.79 Å². The lowest BCUT2D eigenvalue weighted by Crippen LogP contribution is -2.13. The van der Waals surface area contributed by atoms with Gasteiger partial charge in [0, 0.05) is 11.3 Å². The average Bonchev–Trinajstić information content (AvgIpc) is 2.44. The zero-order valence-electron chi connectivity index (χ0n) is 11.6. The second kappa shape index (κ2) is 6.03. The van der Waals surface area contributed by atoms with E-state index in [1.54, 1.807) is 0 Å². The SMILES string of the molecule is Cc1cccc(C(=O)Nc2ccc(CC#N)cc2)c1C. The molecule has 0 aliphatic rings. The van der Waals surface area contributed by atoms with Crippen LogP contribution in [0.1, 0.15) is 27.0 Å². The molecule has 1 amide bonds. The quantitative estimate of drug-likeness (QED) is 0.920. The second-order valence-electron chi connectivity index (χ2n) is 4.73. The van der Waals surface area contributed by atoms with Crippen molar-refractivity contribution in [2.45, 2.75) is 20.3 Å². The number of anilines is 1. The largest absolute Gasteiger partial charge is 0.322 e. The van der Waals surface area contributed by atoms with E-state index in [1.165, 1.54) is 0 Å². The van der Waals surface area contributed by atoms with Crippen LogP contribution in [0.2, 0.25) is 0 Å². The molecule has 0 saturated heterocycles. The number of benzene rings is 2. The van der Waals surface area contributed by atoms with Crippen LogP contribution in [-0.2, 0) is 6.42 Å². The lowest BCUT2D eigenvalue weighted by atomic mass is 10.0. The lowest BCUT2D eigenvalue weighted by molar-refractivity contribution is 0.102. The van der Waals surface area contributed by atoms with Crippen molar-refractivity contribution in [3.63, 3.8) is 0 Å². The summed E-state index contributed by atoms with van der Waals surface area (Å²) in [6.45, 7) is 3.93. The Morgan fingerprint density at radius 1 is 1.15 bits per heavy atom. The summed E-state index contributed by atoms with van der Waals surface area (Å²) >= 11 is 0. The van der Waals surface area contributed by atoms with Crippen LogP contribution in [0.25, 0.3) is 0 Å². The van der Waals surface area contributed by atoms with Crippen molar-refractivity contribution in [2.24, 2.45) is 0 Å². The zero-order chi connectivity index (χ0) is 14.5. The van der Waals surface area contributed by atoms with E-state index in [0.29, 0.717) is 12.0 Å². The first-order valence-corrected chi connectivity index (χ1v) is 6.45. The van der Waals surface area contributed by atoms with Gasteiger partial charge in [-0.3, -0.25) is 4.79 Å². The molecule has 0 radical (unpaired) electrons. The van der Waals surface area contributed by atoms with Gasteiger partial charge in [0.05, 0.1) is 12.5 Å². The van der Waals surface area contributed by atoms with Crippen molar-refractivity contribution in [1.29, 1.82) is 5.26 Å². The van der Waals surface area contributed by atoms with Crippen LogP contribution in [0.15, 0.2) is 42.5 Å². The molecule has 0 unspecified atom stereocenters. The van der Waals surface area contributed by atoms with Gasteiger partial charge in [-0.15, -0.1) is 0 Å². The Morgan fingerprint density at radius 2 is 1.85 bits per heavy atom. The molecule has 0 heterocycles. The molecule has 0 aliphatic carbocycles. The molecule has 100 valence electrons. The van der Waals surface area contributed by atoms with Crippen molar-refractivity contribution in [3.05, 3.63) is 64.7 Å². The number of nitrogens with zero attached hydrogens (tertiary/aromatic N) is 1. The van der Waals surface area contributed by atoms with E-state index in [2.05, 4.69) is 11.4 Å². The maximum atomic E-state index is 12.2. The summed E-state index contributed by atoms with van der Waals surface area (Å²) in [5, 5.41) is 11.5. The summed E-state index contributed by atoms with van der Waals surface area (Å²) in [7, 11) is 0. The van der Waals surface area contributed by atoms with Gasteiger partial charge in [-0.1, -0.05) is 24.3 Å². The Morgan fingerprint density at radius 3 is 2.50 bits per heavy atom. The Kier molecular flexibility index (Phi) is 4.17. The van der Waals surface area contributed by atoms with Gasteiger partial charge >= 0.3 is 0 Å². The minimum absolute atomic E-state index is 0.112. The molecule has 0 aromatic heterocycles. The van der Waals surface area contributed by atoms with Gasteiger partial charge in [0.2, 0.25) is 0 Å². The van der Waals surface area contributed by atoms with Gasteiger partial charge in [0.25, 0.3) is 5.91 Å². The number of hydrogen-bond acceptors (Lipinski definition) is 2. The molecule has 2 aromatic carbocycles. The first kappa shape index (κ1) is 13.8. The molecule has 2 aromatic rings. The van der Waals surface area contributed by atoms with Crippen LogP contribution in [-0.4, -0.2) is 5.91 Å². The van der Waals surface area contributed by atoms with Gasteiger partial charge < -0.3 is 5.32 Å². The Labute approximate surface area is 118 Å². The number of aryl methyl sites for hydroxylation is 1. The molecule has 0 bridgehead atoms. The van der Waals surface area contributed by atoms with Gasteiger partial charge in [-0.05, 0) is 48.7 Å². The van der Waals surface area contributed by atoms with Crippen LogP contribution in [0.5, 0.6) is 0 Å². The molecule has 0 aliphatic heterocycles. The van der Waals surface area contributed by atoms with Crippen molar-refractivity contribution >= 4 is 11.6 Å². The Hall–Kier alpha value is -2.60.